The summed E-state index contributed by atoms with van der Waals surface area (Å²) in [7, 11) is 3.88. The van der Waals surface area contributed by atoms with Crippen LogP contribution in [0.3, 0.4) is 0 Å². The average Bonchev–Trinajstić information content (AvgIpc) is 2.84. The Hall–Kier alpha value is -2.15. The topological polar surface area (TPSA) is 86.9 Å². The summed E-state index contributed by atoms with van der Waals surface area (Å²) in [4.78, 5) is 26.1. The number of nitro benzene ring substituents is 1. The SMILES string of the molecule is CN(C)CC1CCCN1c1c(C(=O)O)cccc1[N+](=O)[O-]. The van der Waals surface area contributed by atoms with E-state index >= 15 is 0 Å². The van der Waals surface area contributed by atoms with Crippen molar-refractivity contribution < 1.29 is 14.8 Å². The molecular formula is C14H19N3O4. The maximum absolute atomic E-state index is 11.4. The van der Waals surface area contributed by atoms with Crippen LogP contribution < -0.4 is 4.90 Å². The van der Waals surface area contributed by atoms with Crippen molar-refractivity contribution in [2.75, 3.05) is 32.1 Å². The number of nitro groups is 1. The largest absolute Gasteiger partial charge is 0.478 e. The van der Waals surface area contributed by atoms with Crippen LogP contribution in [0.2, 0.25) is 0 Å². The highest BCUT2D eigenvalue weighted by Crippen LogP contribution is 2.36. The van der Waals surface area contributed by atoms with Crippen LogP contribution in [0.15, 0.2) is 18.2 Å². The molecule has 1 aliphatic heterocycles. The van der Waals surface area contributed by atoms with Gasteiger partial charge in [0.2, 0.25) is 0 Å². The molecule has 0 spiro atoms. The molecular weight excluding hydrogens is 274 g/mol. The van der Waals surface area contributed by atoms with Crippen LogP contribution in [-0.4, -0.2) is 54.1 Å². The fourth-order valence-electron chi connectivity index (χ4n) is 2.89. The zero-order valence-corrected chi connectivity index (χ0v) is 12.2. The third-order valence-electron chi connectivity index (χ3n) is 3.68. The molecule has 0 aliphatic carbocycles. The number of hydrogen-bond acceptors (Lipinski definition) is 5. The molecule has 1 N–H and O–H groups in total. The number of para-hydroxylation sites is 1. The van der Waals surface area contributed by atoms with Gasteiger partial charge >= 0.3 is 5.97 Å². The predicted molar refractivity (Wildman–Crippen MR) is 79.0 cm³/mol. The Labute approximate surface area is 122 Å². The summed E-state index contributed by atoms with van der Waals surface area (Å²) in [5, 5.41) is 20.6. The van der Waals surface area contributed by atoms with Crippen LogP contribution in [0, 0.1) is 10.1 Å². The molecule has 1 unspecified atom stereocenters. The first-order valence-electron chi connectivity index (χ1n) is 6.84. The number of benzene rings is 1. The number of hydrogen-bond donors (Lipinski definition) is 1. The summed E-state index contributed by atoms with van der Waals surface area (Å²) in [5.41, 5.74) is 0.0924. The Bertz CT molecular complexity index is 527. The summed E-state index contributed by atoms with van der Waals surface area (Å²) < 4.78 is 0. The molecule has 0 aromatic heterocycles. The molecule has 1 aromatic carbocycles. The predicted octanol–water partition coefficient (Wildman–Crippen LogP) is 1.82. The van der Waals surface area contributed by atoms with Gasteiger partial charge in [0.25, 0.3) is 5.69 Å². The van der Waals surface area contributed by atoms with E-state index in [9.17, 15) is 20.0 Å². The van der Waals surface area contributed by atoms with Crippen molar-refractivity contribution in [2.45, 2.75) is 18.9 Å². The van der Waals surface area contributed by atoms with Crippen molar-refractivity contribution in [3.63, 3.8) is 0 Å². The van der Waals surface area contributed by atoms with E-state index in [-0.39, 0.29) is 23.0 Å². The van der Waals surface area contributed by atoms with Gasteiger partial charge in [-0.2, -0.15) is 0 Å². The van der Waals surface area contributed by atoms with Crippen molar-refractivity contribution in [3.05, 3.63) is 33.9 Å². The number of carboxylic acids is 1. The first-order chi connectivity index (χ1) is 9.91. The molecule has 0 saturated carbocycles. The number of likely N-dealkylation sites (N-methyl/N-ethyl adjacent to an activating group) is 1. The maximum atomic E-state index is 11.4. The molecule has 2 rings (SSSR count). The highest BCUT2D eigenvalue weighted by molar-refractivity contribution is 5.97. The second kappa shape index (κ2) is 6.09. The Morgan fingerprint density at radius 1 is 1.52 bits per heavy atom. The van der Waals surface area contributed by atoms with Gasteiger partial charge in [-0.25, -0.2) is 4.79 Å². The second-order valence-corrected chi connectivity index (χ2v) is 5.49. The minimum atomic E-state index is -1.13. The Balaban J connectivity index is 2.50. The van der Waals surface area contributed by atoms with Crippen LogP contribution in [0.5, 0.6) is 0 Å². The highest BCUT2D eigenvalue weighted by atomic mass is 16.6. The van der Waals surface area contributed by atoms with Crippen LogP contribution >= 0.6 is 0 Å². The molecule has 1 saturated heterocycles. The van der Waals surface area contributed by atoms with Gasteiger partial charge in [0.15, 0.2) is 0 Å². The Kier molecular flexibility index (Phi) is 4.42. The Morgan fingerprint density at radius 3 is 2.81 bits per heavy atom. The minimum absolute atomic E-state index is 0.00476. The summed E-state index contributed by atoms with van der Waals surface area (Å²) >= 11 is 0. The average molecular weight is 293 g/mol. The van der Waals surface area contributed by atoms with Gasteiger partial charge in [-0.1, -0.05) is 6.07 Å². The molecule has 0 bridgehead atoms. The minimum Gasteiger partial charge on any atom is -0.478 e. The van der Waals surface area contributed by atoms with Crippen molar-refractivity contribution in [2.24, 2.45) is 0 Å². The standard InChI is InChI=1S/C14H19N3O4/c1-15(2)9-10-5-4-8-16(10)13-11(14(18)19)6-3-7-12(13)17(20)21/h3,6-7,10H,4-5,8-9H2,1-2H3,(H,18,19). The zero-order chi connectivity index (χ0) is 15.6. The molecule has 114 valence electrons. The second-order valence-electron chi connectivity index (χ2n) is 5.49. The van der Waals surface area contributed by atoms with Gasteiger partial charge in [-0.15, -0.1) is 0 Å². The van der Waals surface area contributed by atoms with Gasteiger partial charge in [-0.05, 0) is 33.0 Å². The van der Waals surface area contributed by atoms with E-state index in [1.54, 1.807) is 0 Å². The van der Waals surface area contributed by atoms with Gasteiger partial charge in [0, 0.05) is 25.2 Å². The molecule has 1 aliphatic rings. The van der Waals surface area contributed by atoms with E-state index < -0.39 is 10.9 Å². The molecule has 1 aromatic rings. The van der Waals surface area contributed by atoms with Crippen LogP contribution in [0.1, 0.15) is 23.2 Å². The van der Waals surface area contributed by atoms with E-state index in [0.717, 1.165) is 19.4 Å². The van der Waals surface area contributed by atoms with E-state index in [0.29, 0.717) is 6.54 Å². The first kappa shape index (κ1) is 15.2. The molecule has 1 heterocycles. The highest BCUT2D eigenvalue weighted by Gasteiger charge is 2.33. The number of carbonyl (C=O) groups is 1. The lowest BCUT2D eigenvalue weighted by Crippen LogP contribution is -2.38. The third kappa shape index (κ3) is 3.13. The quantitative estimate of drug-likeness (QED) is 0.658. The fourth-order valence-corrected chi connectivity index (χ4v) is 2.89. The molecule has 7 nitrogen and oxygen atoms in total. The number of anilines is 1. The molecule has 0 radical (unpaired) electrons. The number of aromatic carboxylic acids is 1. The van der Waals surface area contributed by atoms with Crippen molar-refractivity contribution in [1.29, 1.82) is 0 Å². The molecule has 7 heteroatoms. The van der Waals surface area contributed by atoms with Crippen LogP contribution in [-0.2, 0) is 0 Å². The third-order valence-corrected chi connectivity index (χ3v) is 3.68. The lowest BCUT2D eigenvalue weighted by Gasteiger charge is -2.29. The summed E-state index contributed by atoms with van der Waals surface area (Å²) in [6, 6.07) is 4.31. The zero-order valence-electron chi connectivity index (χ0n) is 12.2. The lowest BCUT2D eigenvalue weighted by atomic mass is 10.1. The molecule has 1 atom stereocenters. The smallest absolute Gasteiger partial charge is 0.338 e. The molecule has 1 fully saturated rings. The van der Waals surface area contributed by atoms with Crippen molar-refractivity contribution in [1.82, 2.24) is 4.90 Å². The number of carboxylic acid groups (broad SMARTS) is 1. The van der Waals surface area contributed by atoms with Gasteiger partial charge < -0.3 is 14.9 Å². The lowest BCUT2D eigenvalue weighted by molar-refractivity contribution is -0.384. The van der Waals surface area contributed by atoms with E-state index in [1.165, 1.54) is 18.2 Å². The summed E-state index contributed by atoms with van der Waals surface area (Å²) in [6.45, 7) is 1.38. The summed E-state index contributed by atoms with van der Waals surface area (Å²) in [5.74, 6) is -1.13. The Morgan fingerprint density at radius 2 is 2.24 bits per heavy atom. The summed E-state index contributed by atoms with van der Waals surface area (Å²) in [6.07, 6.45) is 1.81. The normalized spacial score (nSPS) is 18.2. The van der Waals surface area contributed by atoms with Crippen LogP contribution in [0.4, 0.5) is 11.4 Å². The fraction of sp³-hybridized carbons (Fsp3) is 0.500. The van der Waals surface area contributed by atoms with Crippen molar-refractivity contribution >= 4 is 17.3 Å². The van der Waals surface area contributed by atoms with Gasteiger partial charge in [0.05, 0.1) is 10.5 Å². The maximum Gasteiger partial charge on any atom is 0.338 e. The van der Waals surface area contributed by atoms with Gasteiger partial charge in [-0.3, -0.25) is 10.1 Å². The first-order valence-corrected chi connectivity index (χ1v) is 6.84. The van der Waals surface area contributed by atoms with E-state index in [1.807, 2.05) is 23.9 Å². The number of nitrogens with zero attached hydrogens (tertiary/aromatic N) is 3. The number of rotatable bonds is 5. The van der Waals surface area contributed by atoms with Crippen LogP contribution in [0.25, 0.3) is 0 Å². The molecule has 21 heavy (non-hydrogen) atoms. The monoisotopic (exact) mass is 293 g/mol. The van der Waals surface area contributed by atoms with Crippen molar-refractivity contribution in [3.8, 4) is 0 Å². The van der Waals surface area contributed by atoms with E-state index in [2.05, 4.69) is 0 Å². The molecule has 0 amide bonds. The van der Waals surface area contributed by atoms with Gasteiger partial charge in [0.1, 0.15) is 5.69 Å². The van der Waals surface area contributed by atoms with E-state index in [4.69, 9.17) is 0 Å².